The first-order valence-electron chi connectivity index (χ1n) is 4.30. The van der Waals surface area contributed by atoms with Gasteiger partial charge in [-0.25, -0.2) is 0 Å². The number of carbonyl (C=O) groups is 2. The number of ketones is 2. The Balaban J connectivity index is 4.49. The van der Waals surface area contributed by atoms with Crippen LogP contribution in [0.3, 0.4) is 0 Å². The Bertz CT molecular complexity index is 271. The minimum atomic E-state index is -0.224. The molecule has 0 aromatic heterocycles. The van der Waals surface area contributed by atoms with E-state index < -0.39 is 0 Å². The molecule has 2 heteroatoms. The van der Waals surface area contributed by atoms with Gasteiger partial charge in [-0.05, 0) is 20.3 Å². The molecular weight excluding hydrogens is 164 g/mol. The van der Waals surface area contributed by atoms with Gasteiger partial charge in [0.25, 0.3) is 0 Å². The molecule has 0 aliphatic carbocycles. The van der Waals surface area contributed by atoms with E-state index in [4.69, 9.17) is 0 Å². The van der Waals surface area contributed by atoms with Crippen LogP contribution in [0.2, 0.25) is 0 Å². The van der Waals surface area contributed by atoms with Crippen LogP contribution < -0.4 is 0 Å². The number of hydrogen-bond donors (Lipinski definition) is 0. The number of Topliss-reactive ketones (excluding diaryl/α,β-unsaturated/α-hetero) is 2. The molecule has 0 fully saturated rings. The van der Waals surface area contributed by atoms with Crippen molar-refractivity contribution < 1.29 is 9.59 Å². The van der Waals surface area contributed by atoms with E-state index in [2.05, 4.69) is 11.8 Å². The van der Waals surface area contributed by atoms with Crippen molar-refractivity contribution in [2.75, 3.05) is 0 Å². The molecule has 0 saturated heterocycles. The Labute approximate surface area is 79.0 Å². The summed E-state index contributed by atoms with van der Waals surface area (Å²) in [5.74, 6) is 5.09. The zero-order chi connectivity index (χ0) is 10.3. The first-order valence-corrected chi connectivity index (χ1v) is 4.30. The SMILES string of the molecule is CCCC#CC=C(C(C)=O)C(C)=O. The highest BCUT2D eigenvalue weighted by Gasteiger charge is 2.07. The summed E-state index contributed by atoms with van der Waals surface area (Å²) < 4.78 is 0. The fourth-order valence-electron chi connectivity index (χ4n) is 0.772. The molecule has 0 atom stereocenters. The maximum absolute atomic E-state index is 10.9. The molecule has 0 saturated carbocycles. The molecule has 0 unspecified atom stereocenters. The lowest BCUT2D eigenvalue weighted by Crippen LogP contribution is -2.05. The molecule has 13 heavy (non-hydrogen) atoms. The zero-order valence-corrected chi connectivity index (χ0v) is 8.31. The fourth-order valence-corrected chi connectivity index (χ4v) is 0.772. The Hall–Kier alpha value is -1.36. The van der Waals surface area contributed by atoms with Crippen molar-refractivity contribution in [2.45, 2.75) is 33.6 Å². The fraction of sp³-hybridized carbons (Fsp3) is 0.455. The number of hydrogen-bond acceptors (Lipinski definition) is 2. The third-order valence-corrected chi connectivity index (χ3v) is 1.45. The van der Waals surface area contributed by atoms with Crippen molar-refractivity contribution in [3.05, 3.63) is 11.6 Å². The van der Waals surface area contributed by atoms with Crippen LogP contribution in [-0.4, -0.2) is 11.6 Å². The average Bonchev–Trinajstić information content (AvgIpc) is 2.02. The van der Waals surface area contributed by atoms with Crippen LogP contribution in [0.15, 0.2) is 11.6 Å². The van der Waals surface area contributed by atoms with Crippen LogP contribution in [0, 0.1) is 11.8 Å². The highest BCUT2D eigenvalue weighted by Crippen LogP contribution is 1.96. The molecule has 0 aromatic carbocycles. The van der Waals surface area contributed by atoms with Gasteiger partial charge in [0.15, 0.2) is 11.6 Å². The van der Waals surface area contributed by atoms with E-state index in [0.717, 1.165) is 12.8 Å². The highest BCUT2D eigenvalue weighted by atomic mass is 16.1. The first-order chi connectivity index (χ1) is 6.09. The van der Waals surface area contributed by atoms with E-state index in [9.17, 15) is 9.59 Å². The van der Waals surface area contributed by atoms with Gasteiger partial charge in [0.2, 0.25) is 0 Å². The third-order valence-electron chi connectivity index (χ3n) is 1.45. The lowest BCUT2D eigenvalue weighted by atomic mass is 10.1. The van der Waals surface area contributed by atoms with Gasteiger partial charge in [0.05, 0.1) is 5.57 Å². The maximum atomic E-state index is 10.9. The largest absolute Gasteiger partial charge is 0.294 e. The van der Waals surface area contributed by atoms with Crippen LogP contribution in [-0.2, 0) is 9.59 Å². The van der Waals surface area contributed by atoms with Crippen molar-refractivity contribution in [1.29, 1.82) is 0 Å². The monoisotopic (exact) mass is 178 g/mol. The Morgan fingerprint density at radius 1 is 1.23 bits per heavy atom. The molecular formula is C11H14O2. The van der Waals surface area contributed by atoms with Crippen molar-refractivity contribution in [1.82, 2.24) is 0 Å². The minimum Gasteiger partial charge on any atom is -0.294 e. The van der Waals surface area contributed by atoms with Crippen LogP contribution in [0.4, 0.5) is 0 Å². The molecule has 0 heterocycles. The molecule has 0 radical (unpaired) electrons. The Kier molecular flexibility index (Phi) is 5.54. The lowest BCUT2D eigenvalue weighted by Gasteiger charge is -1.92. The van der Waals surface area contributed by atoms with E-state index in [1.54, 1.807) is 0 Å². The summed E-state index contributed by atoms with van der Waals surface area (Å²) in [6.45, 7) is 4.76. The topological polar surface area (TPSA) is 34.1 Å². The normalized spacial score (nSPS) is 8.23. The standard InChI is InChI=1S/C11H14O2/c1-4-5-6-7-8-11(9(2)12)10(3)13/h8H,4-5H2,1-3H3. The van der Waals surface area contributed by atoms with Crippen molar-refractivity contribution in [3.8, 4) is 11.8 Å². The van der Waals surface area contributed by atoms with E-state index in [1.807, 2.05) is 6.92 Å². The highest BCUT2D eigenvalue weighted by molar-refractivity contribution is 6.18. The Morgan fingerprint density at radius 3 is 2.15 bits per heavy atom. The van der Waals surface area contributed by atoms with Gasteiger partial charge in [-0.15, -0.1) is 0 Å². The summed E-state index contributed by atoms with van der Waals surface area (Å²) in [7, 11) is 0. The predicted octanol–water partition coefficient (Wildman–Crippen LogP) is 1.89. The van der Waals surface area contributed by atoms with E-state index in [0.29, 0.717) is 0 Å². The molecule has 0 spiro atoms. The quantitative estimate of drug-likeness (QED) is 0.286. The summed E-state index contributed by atoms with van der Waals surface area (Å²) in [6.07, 6.45) is 3.18. The second kappa shape index (κ2) is 6.19. The summed E-state index contributed by atoms with van der Waals surface area (Å²) in [6, 6.07) is 0. The van der Waals surface area contributed by atoms with Gasteiger partial charge >= 0.3 is 0 Å². The molecule has 0 bridgehead atoms. The second-order valence-corrected chi connectivity index (χ2v) is 2.74. The van der Waals surface area contributed by atoms with Gasteiger partial charge < -0.3 is 0 Å². The van der Waals surface area contributed by atoms with Gasteiger partial charge in [-0.1, -0.05) is 18.8 Å². The minimum absolute atomic E-state index is 0.184. The van der Waals surface area contributed by atoms with Crippen LogP contribution >= 0.6 is 0 Å². The van der Waals surface area contributed by atoms with E-state index >= 15 is 0 Å². The molecule has 0 aliphatic heterocycles. The summed E-state index contributed by atoms with van der Waals surface area (Å²) >= 11 is 0. The van der Waals surface area contributed by atoms with E-state index in [-0.39, 0.29) is 17.1 Å². The van der Waals surface area contributed by atoms with Gasteiger partial charge in [-0.3, -0.25) is 9.59 Å². The number of unbranched alkanes of at least 4 members (excludes halogenated alkanes) is 1. The van der Waals surface area contributed by atoms with E-state index in [1.165, 1.54) is 19.9 Å². The zero-order valence-electron chi connectivity index (χ0n) is 8.31. The second-order valence-electron chi connectivity index (χ2n) is 2.74. The van der Waals surface area contributed by atoms with Gasteiger partial charge in [0, 0.05) is 12.5 Å². The van der Waals surface area contributed by atoms with Crippen LogP contribution in [0.5, 0.6) is 0 Å². The summed E-state index contributed by atoms with van der Waals surface area (Å²) in [4.78, 5) is 21.8. The molecule has 70 valence electrons. The number of allylic oxidation sites excluding steroid dienone is 2. The van der Waals surface area contributed by atoms with Crippen LogP contribution in [0.1, 0.15) is 33.6 Å². The van der Waals surface area contributed by atoms with Gasteiger partial charge in [0.1, 0.15) is 0 Å². The smallest absolute Gasteiger partial charge is 0.164 e. The molecule has 0 N–H and O–H groups in total. The third kappa shape index (κ3) is 4.97. The van der Waals surface area contributed by atoms with Crippen molar-refractivity contribution in [3.63, 3.8) is 0 Å². The number of rotatable bonds is 3. The summed E-state index contributed by atoms with van der Waals surface area (Å²) in [5, 5.41) is 0. The molecule has 0 aromatic rings. The average molecular weight is 178 g/mol. The van der Waals surface area contributed by atoms with Crippen molar-refractivity contribution >= 4 is 11.6 Å². The molecule has 2 nitrogen and oxygen atoms in total. The predicted molar refractivity (Wildman–Crippen MR) is 52.1 cm³/mol. The Morgan fingerprint density at radius 2 is 1.77 bits per heavy atom. The number of carbonyl (C=O) groups excluding carboxylic acids is 2. The van der Waals surface area contributed by atoms with Crippen molar-refractivity contribution in [2.24, 2.45) is 0 Å². The maximum Gasteiger partial charge on any atom is 0.164 e. The van der Waals surface area contributed by atoms with Crippen LogP contribution in [0.25, 0.3) is 0 Å². The first kappa shape index (κ1) is 11.6. The van der Waals surface area contributed by atoms with Gasteiger partial charge in [-0.2, -0.15) is 0 Å². The summed E-state index contributed by atoms with van der Waals surface area (Å²) in [5.41, 5.74) is 0.184. The molecule has 0 aliphatic rings. The lowest BCUT2D eigenvalue weighted by molar-refractivity contribution is -0.119. The molecule has 0 rings (SSSR count). The molecule has 0 amide bonds.